The van der Waals surface area contributed by atoms with Crippen LogP contribution in [0.3, 0.4) is 0 Å². The molecule has 2 heterocycles. The Hall–Kier alpha value is -1.98. The van der Waals surface area contributed by atoms with Crippen LogP contribution in [-0.4, -0.2) is 32.2 Å². The molecule has 16 heavy (non-hydrogen) atoms. The van der Waals surface area contributed by atoms with Gasteiger partial charge >= 0.3 is 5.97 Å². The number of ether oxygens (including phenoxy) is 1. The summed E-state index contributed by atoms with van der Waals surface area (Å²) in [7, 11) is 0. The van der Waals surface area contributed by atoms with E-state index >= 15 is 0 Å². The lowest BCUT2D eigenvalue weighted by atomic mass is 10.4. The number of hydrogen-bond acceptors (Lipinski definition) is 5. The average Bonchev–Trinajstić information content (AvgIpc) is 2.73. The molecule has 0 aliphatic carbocycles. The summed E-state index contributed by atoms with van der Waals surface area (Å²) in [6, 6.07) is 1.72. The summed E-state index contributed by atoms with van der Waals surface area (Å²) in [6.07, 6.45) is 5.10. The predicted molar refractivity (Wildman–Crippen MR) is 56.0 cm³/mol. The van der Waals surface area contributed by atoms with Gasteiger partial charge in [0.1, 0.15) is 0 Å². The molecule has 0 aliphatic rings. The zero-order valence-corrected chi connectivity index (χ0v) is 8.96. The van der Waals surface area contributed by atoms with E-state index < -0.39 is 5.97 Å². The van der Waals surface area contributed by atoms with Crippen LogP contribution in [0.2, 0.25) is 0 Å². The van der Waals surface area contributed by atoms with Gasteiger partial charge in [-0.3, -0.25) is 0 Å². The average molecular weight is 220 g/mol. The number of hydrogen-bond donors (Lipinski definition) is 0. The molecule has 6 heteroatoms. The van der Waals surface area contributed by atoms with Gasteiger partial charge in [0.2, 0.25) is 0 Å². The third kappa shape index (κ3) is 2.16. The van der Waals surface area contributed by atoms with Gasteiger partial charge in [0.25, 0.3) is 11.6 Å². The van der Waals surface area contributed by atoms with E-state index in [1.165, 1.54) is 4.52 Å². The summed E-state index contributed by atoms with van der Waals surface area (Å²) < 4.78 is 6.43. The molecule has 0 unspecified atom stereocenters. The molecule has 0 N–H and O–H groups in total. The molecular weight excluding hydrogens is 208 g/mol. The van der Waals surface area contributed by atoms with Crippen molar-refractivity contribution < 1.29 is 9.53 Å². The number of nitrogens with zero attached hydrogens (tertiary/aromatic N) is 4. The first-order chi connectivity index (χ1) is 7.81. The number of carbonyl (C=O) groups is 1. The van der Waals surface area contributed by atoms with Crippen LogP contribution in [-0.2, 0) is 4.74 Å². The molecule has 84 valence electrons. The lowest BCUT2D eigenvalue weighted by molar-refractivity contribution is 0.0485. The first-order valence-electron chi connectivity index (χ1n) is 5.16. The minimum absolute atomic E-state index is 0.0507. The van der Waals surface area contributed by atoms with Crippen LogP contribution in [0.5, 0.6) is 0 Å². The van der Waals surface area contributed by atoms with Crippen molar-refractivity contribution >= 4 is 11.7 Å². The predicted octanol–water partition coefficient (Wildman–Crippen LogP) is 1.08. The maximum Gasteiger partial charge on any atom is 0.378 e. The van der Waals surface area contributed by atoms with Gasteiger partial charge < -0.3 is 4.74 Å². The van der Waals surface area contributed by atoms with E-state index in [4.69, 9.17) is 4.74 Å². The van der Waals surface area contributed by atoms with Crippen LogP contribution < -0.4 is 0 Å². The number of carbonyl (C=O) groups excluding carboxylic acids is 1. The molecule has 0 spiro atoms. The zero-order valence-electron chi connectivity index (χ0n) is 8.96. The Bertz CT molecular complexity index is 461. The Labute approximate surface area is 92.3 Å². The summed E-state index contributed by atoms with van der Waals surface area (Å²) in [4.78, 5) is 19.4. The molecular formula is C10H12N4O2. The molecule has 0 atom stereocenters. The summed E-state index contributed by atoms with van der Waals surface area (Å²) >= 11 is 0. The molecule has 6 nitrogen and oxygen atoms in total. The normalized spacial score (nSPS) is 10.6. The van der Waals surface area contributed by atoms with E-state index in [0.29, 0.717) is 12.4 Å². The Morgan fingerprint density at radius 1 is 1.56 bits per heavy atom. The van der Waals surface area contributed by atoms with E-state index in [0.717, 1.165) is 12.8 Å². The molecule has 0 aromatic carbocycles. The zero-order chi connectivity index (χ0) is 11.4. The van der Waals surface area contributed by atoms with Gasteiger partial charge in [0.05, 0.1) is 6.61 Å². The first-order valence-corrected chi connectivity index (χ1v) is 5.16. The largest absolute Gasteiger partial charge is 0.460 e. The van der Waals surface area contributed by atoms with Crippen molar-refractivity contribution in [2.45, 2.75) is 19.8 Å². The van der Waals surface area contributed by atoms with E-state index in [-0.39, 0.29) is 5.82 Å². The maximum atomic E-state index is 11.5. The molecule has 0 amide bonds. The highest BCUT2D eigenvalue weighted by molar-refractivity contribution is 5.85. The lowest BCUT2D eigenvalue weighted by Gasteiger charge is -1.98. The van der Waals surface area contributed by atoms with Crippen LogP contribution in [0.25, 0.3) is 5.78 Å². The molecule has 0 bridgehead atoms. The lowest BCUT2D eigenvalue weighted by Crippen LogP contribution is -2.08. The molecule has 2 rings (SSSR count). The fourth-order valence-electron chi connectivity index (χ4n) is 1.19. The van der Waals surface area contributed by atoms with Crippen LogP contribution in [0.15, 0.2) is 18.5 Å². The maximum absolute atomic E-state index is 11.5. The highest BCUT2D eigenvalue weighted by atomic mass is 16.5. The quantitative estimate of drug-likeness (QED) is 0.569. The van der Waals surface area contributed by atoms with Crippen molar-refractivity contribution in [3.8, 4) is 0 Å². The van der Waals surface area contributed by atoms with Crippen LogP contribution >= 0.6 is 0 Å². The molecule has 0 aliphatic heterocycles. The standard InChI is InChI=1S/C10H12N4O2/c1-2-3-7-16-9(15)8-12-10-11-5-4-6-14(10)13-8/h4-6H,2-3,7H2,1H3. The van der Waals surface area contributed by atoms with Crippen molar-refractivity contribution in [2.24, 2.45) is 0 Å². The van der Waals surface area contributed by atoms with E-state index in [1.54, 1.807) is 18.5 Å². The molecule has 0 saturated carbocycles. The third-order valence-corrected chi connectivity index (χ3v) is 2.03. The van der Waals surface area contributed by atoms with Crippen LogP contribution in [0.4, 0.5) is 0 Å². The number of aromatic nitrogens is 4. The second kappa shape index (κ2) is 4.69. The van der Waals surface area contributed by atoms with Gasteiger partial charge in [-0.05, 0) is 12.5 Å². The van der Waals surface area contributed by atoms with Crippen molar-refractivity contribution in [3.63, 3.8) is 0 Å². The Morgan fingerprint density at radius 3 is 3.19 bits per heavy atom. The van der Waals surface area contributed by atoms with Crippen molar-refractivity contribution in [1.29, 1.82) is 0 Å². The molecule has 0 fully saturated rings. The van der Waals surface area contributed by atoms with Crippen LogP contribution in [0.1, 0.15) is 30.4 Å². The van der Waals surface area contributed by atoms with Crippen LogP contribution in [0, 0.1) is 0 Å². The summed E-state index contributed by atoms with van der Waals surface area (Å²) in [5.74, 6) is -0.0568. The van der Waals surface area contributed by atoms with Gasteiger partial charge in [-0.25, -0.2) is 14.3 Å². The second-order valence-corrected chi connectivity index (χ2v) is 3.29. The SMILES string of the molecule is CCCCOC(=O)c1nc2ncccn2n1. The van der Waals surface area contributed by atoms with Gasteiger partial charge in [-0.15, -0.1) is 5.10 Å². The highest BCUT2D eigenvalue weighted by Crippen LogP contribution is 2.00. The summed E-state index contributed by atoms with van der Waals surface area (Å²) in [6.45, 7) is 2.43. The topological polar surface area (TPSA) is 69.4 Å². The smallest absolute Gasteiger partial charge is 0.378 e. The molecule has 2 aromatic heterocycles. The number of unbranched alkanes of at least 4 members (excludes halogenated alkanes) is 1. The van der Waals surface area contributed by atoms with E-state index in [2.05, 4.69) is 15.1 Å². The van der Waals surface area contributed by atoms with Gasteiger partial charge in [-0.2, -0.15) is 4.98 Å². The van der Waals surface area contributed by atoms with Gasteiger partial charge in [-0.1, -0.05) is 13.3 Å². The molecule has 0 radical (unpaired) electrons. The minimum Gasteiger partial charge on any atom is -0.460 e. The van der Waals surface area contributed by atoms with E-state index in [9.17, 15) is 4.79 Å². The van der Waals surface area contributed by atoms with Crippen molar-refractivity contribution in [1.82, 2.24) is 19.6 Å². The number of fused-ring (bicyclic) bond motifs is 1. The summed E-state index contributed by atoms with van der Waals surface area (Å²) in [5.41, 5.74) is 0. The first kappa shape index (κ1) is 10.5. The molecule has 2 aromatic rings. The Kier molecular flexibility index (Phi) is 3.09. The fourth-order valence-corrected chi connectivity index (χ4v) is 1.19. The van der Waals surface area contributed by atoms with Gasteiger partial charge in [0, 0.05) is 12.4 Å². The Balaban J connectivity index is 2.11. The van der Waals surface area contributed by atoms with Crippen molar-refractivity contribution in [2.75, 3.05) is 6.61 Å². The molecule has 0 saturated heterocycles. The summed E-state index contributed by atoms with van der Waals surface area (Å²) in [5, 5.41) is 3.96. The Morgan fingerprint density at radius 2 is 2.44 bits per heavy atom. The fraction of sp³-hybridized carbons (Fsp3) is 0.400. The van der Waals surface area contributed by atoms with E-state index in [1.807, 2.05) is 6.92 Å². The third-order valence-electron chi connectivity index (χ3n) is 2.03. The number of rotatable bonds is 4. The second-order valence-electron chi connectivity index (χ2n) is 3.29. The van der Waals surface area contributed by atoms with Gasteiger partial charge in [0.15, 0.2) is 0 Å². The minimum atomic E-state index is -0.501. The number of esters is 1. The monoisotopic (exact) mass is 220 g/mol. The highest BCUT2D eigenvalue weighted by Gasteiger charge is 2.14. The van der Waals surface area contributed by atoms with Crippen molar-refractivity contribution in [3.05, 3.63) is 24.3 Å².